The molecule has 0 aliphatic carbocycles. The Morgan fingerprint density at radius 1 is 1.18 bits per heavy atom. The number of benzene rings is 2. The summed E-state index contributed by atoms with van der Waals surface area (Å²) in [5, 5.41) is 3.90. The van der Waals surface area contributed by atoms with Crippen LogP contribution in [0.1, 0.15) is 22.5 Å². The molecule has 178 valence electrons. The maximum atomic E-state index is 12.6. The molecule has 0 saturated carbocycles. The van der Waals surface area contributed by atoms with Crippen molar-refractivity contribution >= 4 is 44.3 Å². The zero-order valence-corrected chi connectivity index (χ0v) is 20.1. The van der Waals surface area contributed by atoms with Gasteiger partial charge >= 0.3 is 0 Å². The van der Waals surface area contributed by atoms with Gasteiger partial charge in [-0.05, 0) is 36.4 Å². The van der Waals surface area contributed by atoms with Gasteiger partial charge in [0, 0.05) is 61.7 Å². The number of hydrogen-bond donors (Lipinski definition) is 2. The number of nitrogens with one attached hydrogen (secondary N) is 2. The number of aromatic amines is 1. The summed E-state index contributed by atoms with van der Waals surface area (Å²) >= 11 is 0. The van der Waals surface area contributed by atoms with Crippen LogP contribution in [0.25, 0.3) is 10.9 Å². The summed E-state index contributed by atoms with van der Waals surface area (Å²) in [5.41, 5.74) is 2.74. The Morgan fingerprint density at radius 2 is 1.88 bits per heavy atom. The number of para-hydroxylation sites is 1. The zero-order chi connectivity index (χ0) is 24.5. The lowest BCUT2D eigenvalue weighted by Crippen LogP contribution is -2.31. The van der Waals surface area contributed by atoms with Gasteiger partial charge in [0.2, 0.25) is 5.91 Å². The molecule has 1 aromatic heterocycles. The fourth-order valence-corrected chi connectivity index (χ4v) is 4.62. The van der Waals surface area contributed by atoms with E-state index in [4.69, 9.17) is 0 Å². The molecular formula is C24H27N5O4S. The predicted molar refractivity (Wildman–Crippen MR) is 133 cm³/mol. The molecule has 2 aromatic carbocycles. The first-order valence-corrected chi connectivity index (χ1v) is 12.7. The predicted octanol–water partition coefficient (Wildman–Crippen LogP) is 2.22. The highest BCUT2D eigenvalue weighted by molar-refractivity contribution is 7.89. The molecule has 0 radical (unpaired) electrons. The summed E-state index contributed by atoms with van der Waals surface area (Å²) in [6.07, 6.45) is 1.39. The Kier molecular flexibility index (Phi) is 6.43. The lowest BCUT2D eigenvalue weighted by Gasteiger charge is -2.19. The van der Waals surface area contributed by atoms with Gasteiger partial charge in [0.15, 0.2) is 0 Å². The number of H-pyrrole nitrogens is 1. The smallest absolute Gasteiger partial charge is 0.267 e. The number of hydrogen-bond acceptors (Lipinski definition) is 4. The van der Waals surface area contributed by atoms with E-state index in [1.54, 1.807) is 48.2 Å². The summed E-state index contributed by atoms with van der Waals surface area (Å²) in [4.78, 5) is 31.6. The van der Waals surface area contributed by atoms with Crippen molar-refractivity contribution in [3.8, 4) is 0 Å². The van der Waals surface area contributed by atoms with Crippen LogP contribution in [0, 0.1) is 5.92 Å². The number of sulfonamides is 1. The molecule has 1 fully saturated rings. The average Bonchev–Trinajstić information content (AvgIpc) is 3.38. The van der Waals surface area contributed by atoms with E-state index in [1.807, 2.05) is 30.3 Å². The highest BCUT2D eigenvalue weighted by Crippen LogP contribution is 2.25. The van der Waals surface area contributed by atoms with Gasteiger partial charge in [0.05, 0.1) is 6.26 Å². The number of carbonyl (C=O) groups is 2. The van der Waals surface area contributed by atoms with Crippen LogP contribution in [0.5, 0.6) is 0 Å². The van der Waals surface area contributed by atoms with Crippen LogP contribution in [0.15, 0.2) is 59.0 Å². The molecule has 0 bridgehead atoms. The monoisotopic (exact) mass is 481 g/mol. The number of rotatable bonds is 6. The molecule has 9 nitrogen and oxygen atoms in total. The second-order valence-corrected chi connectivity index (χ2v) is 10.3. The van der Waals surface area contributed by atoms with Crippen LogP contribution >= 0.6 is 0 Å². The van der Waals surface area contributed by atoms with Crippen LogP contribution in [-0.2, 0) is 14.8 Å². The van der Waals surface area contributed by atoms with Crippen molar-refractivity contribution in [2.75, 3.05) is 38.3 Å². The molecule has 1 saturated heterocycles. The summed E-state index contributed by atoms with van der Waals surface area (Å²) in [6, 6.07) is 16.5. The van der Waals surface area contributed by atoms with Gasteiger partial charge in [0.25, 0.3) is 15.9 Å². The topological polar surface area (TPSA) is 115 Å². The summed E-state index contributed by atoms with van der Waals surface area (Å²) in [6.45, 7) is 0.878. The van der Waals surface area contributed by atoms with Crippen molar-refractivity contribution in [1.82, 2.24) is 15.2 Å². The molecule has 34 heavy (non-hydrogen) atoms. The van der Waals surface area contributed by atoms with Crippen LogP contribution in [0.3, 0.4) is 0 Å². The van der Waals surface area contributed by atoms with Crippen LogP contribution in [0.4, 0.5) is 5.69 Å². The molecule has 2 heterocycles. The molecule has 1 aliphatic rings. The standard InChI is InChI=1S/C24H27N5O4S/c1-28(2)23(27-34(3,32)33)17-8-10-19(11-9-17)29-15-16(12-22(29)30)14-25-24(31)21-13-18-6-4-5-7-20(18)26-21/h4-11,13,16,26H,12,14-15H2,1-3H3,(H,25,31)/b27-23-. The molecule has 2 amide bonds. The normalized spacial score (nSPS) is 16.8. The Hall–Kier alpha value is -3.66. The average molecular weight is 482 g/mol. The first kappa shape index (κ1) is 23.5. The Labute approximate surface area is 198 Å². The largest absolute Gasteiger partial charge is 0.362 e. The van der Waals surface area contributed by atoms with Crippen molar-refractivity contribution in [1.29, 1.82) is 0 Å². The second kappa shape index (κ2) is 9.30. The van der Waals surface area contributed by atoms with E-state index in [9.17, 15) is 18.0 Å². The fourth-order valence-electron chi connectivity index (χ4n) is 4.04. The van der Waals surface area contributed by atoms with E-state index >= 15 is 0 Å². The number of carbonyl (C=O) groups excluding carboxylic acids is 2. The van der Waals surface area contributed by atoms with E-state index < -0.39 is 10.0 Å². The first-order valence-electron chi connectivity index (χ1n) is 10.8. The Morgan fingerprint density at radius 3 is 2.53 bits per heavy atom. The van der Waals surface area contributed by atoms with Crippen LogP contribution in [0.2, 0.25) is 0 Å². The van der Waals surface area contributed by atoms with E-state index in [2.05, 4.69) is 14.7 Å². The zero-order valence-electron chi connectivity index (χ0n) is 19.3. The molecule has 1 unspecified atom stereocenters. The first-order chi connectivity index (χ1) is 16.1. The third-order valence-electron chi connectivity index (χ3n) is 5.64. The number of nitrogens with zero attached hydrogens (tertiary/aromatic N) is 3. The minimum absolute atomic E-state index is 0.00959. The molecule has 1 atom stereocenters. The second-order valence-electron chi connectivity index (χ2n) is 8.64. The quantitative estimate of drug-likeness (QED) is 0.414. The fraction of sp³-hybridized carbons (Fsp3) is 0.292. The van der Waals surface area contributed by atoms with Crippen LogP contribution in [-0.4, -0.2) is 69.4 Å². The van der Waals surface area contributed by atoms with Crippen molar-refractivity contribution in [2.45, 2.75) is 6.42 Å². The van der Waals surface area contributed by atoms with Gasteiger partial charge in [-0.15, -0.1) is 4.40 Å². The van der Waals surface area contributed by atoms with Crippen LogP contribution < -0.4 is 10.2 Å². The lowest BCUT2D eigenvalue weighted by atomic mass is 10.1. The number of amides is 2. The Balaban J connectivity index is 1.40. The molecule has 2 N–H and O–H groups in total. The summed E-state index contributed by atoms with van der Waals surface area (Å²) in [7, 11) is -0.117. The third-order valence-corrected chi connectivity index (χ3v) is 6.15. The van der Waals surface area contributed by atoms with Gasteiger partial charge < -0.3 is 20.1 Å². The van der Waals surface area contributed by atoms with Gasteiger partial charge in [-0.1, -0.05) is 18.2 Å². The summed E-state index contributed by atoms with van der Waals surface area (Å²) < 4.78 is 27.0. The molecule has 0 spiro atoms. The maximum Gasteiger partial charge on any atom is 0.267 e. The van der Waals surface area contributed by atoms with E-state index in [0.29, 0.717) is 36.6 Å². The SMILES string of the molecule is CN(C)/C(=N\S(C)(=O)=O)c1ccc(N2CC(CNC(=O)c3cc4ccccc4[nH]3)CC2=O)cc1. The minimum atomic E-state index is -3.55. The highest BCUT2D eigenvalue weighted by atomic mass is 32.2. The third kappa shape index (κ3) is 5.28. The number of fused-ring (bicyclic) bond motifs is 1. The number of anilines is 1. The summed E-state index contributed by atoms with van der Waals surface area (Å²) in [5.74, 6) is 0.0899. The number of aromatic nitrogens is 1. The van der Waals surface area contributed by atoms with Crippen molar-refractivity contribution in [2.24, 2.45) is 10.3 Å². The van der Waals surface area contributed by atoms with Gasteiger partial charge in [0.1, 0.15) is 11.5 Å². The van der Waals surface area contributed by atoms with Gasteiger partial charge in [-0.2, -0.15) is 0 Å². The van der Waals surface area contributed by atoms with E-state index in [0.717, 1.165) is 22.8 Å². The molecule has 1 aliphatic heterocycles. The minimum Gasteiger partial charge on any atom is -0.362 e. The highest BCUT2D eigenvalue weighted by Gasteiger charge is 2.31. The molecular weight excluding hydrogens is 454 g/mol. The van der Waals surface area contributed by atoms with Crippen molar-refractivity contribution in [3.63, 3.8) is 0 Å². The van der Waals surface area contributed by atoms with E-state index in [1.165, 1.54) is 0 Å². The Bertz CT molecular complexity index is 1330. The number of amidine groups is 1. The lowest BCUT2D eigenvalue weighted by molar-refractivity contribution is -0.117. The van der Waals surface area contributed by atoms with Gasteiger partial charge in [-0.25, -0.2) is 8.42 Å². The maximum absolute atomic E-state index is 12.6. The molecule has 3 aromatic rings. The van der Waals surface area contributed by atoms with Crippen molar-refractivity contribution in [3.05, 3.63) is 65.9 Å². The van der Waals surface area contributed by atoms with E-state index in [-0.39, 0.29) is 17.7 Å². The van der Waals surface area contributed by atoms with Gasteiger partial charge in [-0.3, -0.25) is 9.59 Å². The molecule has 4 rings (SSSR count). The van der Waals surface area contributed by atoms with Crippen molar-refractivity contribution < 1.29 is 18.0 Å². The molecule has 10 heteroatoms.